The zero-order chi connectivity index (χ0) is 11.4. The molecule has 0 bridgehead atoms. The molecule has 1 aliphatic carbocycles. The van der Waals surface area contributed by atoms with Gasteiger partial charge in [-0.05, 0) is 19.4 Å². The molecule has 0 saturated heterocycles. The van der Waals surface area contributed by atoms with E-state index >= 15 is 0 Å². The van der Waals surface area contributed by atoms with Crippen molar-refractivity contribution in [1.29, 1.82) is 0 Å². The van der Waals surface area contributed by atoms with Crippen LogP contribution in [-0.2, 0) is 0 Å². The molecule has 1 aliphatic rings. The number of aromatic nitrogens is 1. The molecule has 0 aliphatic heterocycles. The van der Waals surface area contributed by atoms with Crippen LogP contribution >= 0.6 is 0 Å². The molecule has 0 radical (unpaired) electrons. The number of amides is 1. The molecule has 1 aromatic rings. The number of carbonyl (C=O) groups is 1. The zero-order valence-corrected chi connectivity index (χ0v) is 9.45. The molecule has 88 valence electrons. The molecular weight excluding hydrogens is 206 g/mol. The smallest absolute Gasteiger partial charge is 0.273 e. The Kier molecular flexibility index (Phi) is 3.56. The van der Waals surface area contributed by atoms with Gasteiger partial charge >= 0.3 is 0 Å². The summed E-state index contributed by atoms with van der Waals surface area (Å²) in [6.07, 6.45) is 2.30. The average molecular weight is 223 g/mol. The van der Waals surface area contributed by atoms with Crippen LogP contribution < -0.4 is 10.6 Å². The van der Waals surface area contributed by atoms with E-state index in [1.54, 1.807) is 6.07 Å². The molecule has 5 nitrogen and oxygen atoms in total. The summed E-state index contributed by atoms with van der Waals surface area (Å²) in [6, 6.07) is 1.75. The minimum Gasteiger partial charge on any atom is -0.360 e. The van der Waals surface area contributed by atoms with Crippen LogP contribution in [0.4, 0.5) is 0 Å². The van der Waals surface area contributed by atoms with E-state index in [9.17, 15) is 4.79 Å². The SMILES string of the molecule is CCNCCNC(=O)c1cc(C2CC2)on1. The number of nitrogens with zero attached hydrogens (tertiary/aromatic N) is 1. The van der Waals surface area contributed by atoms with Crippen molar-refractivity contribution in [3.05, 3.63) is 17.5 Å². The van der Waals surface area contributed by atoms with Gasteiger partial charge in [0.2, 0.25) is 0 Å². The molecule has 1 fully saturated rings. The Balaban J connectivity index is 1.78. The topological polar surface area (TPSA) is 67.2 Å². The zero-order valence-electron chi connectivity index (χ0n) is 9.45. The molecule has 1 saturated carbocycles. The molecule has 1 heterocycles. The molecule has 1 amide bonds. The van der Waals surface area contributed by atoms with Gasteiger partial charge in [-0.2, -0.15) is 0 Å². The Morgan fingerprint density at radius 3 is 3.06 bits per heavy atom. The minimum atomic E-state index is -0.159. The van der Waals surface area contributed by atoms with E-state index in [1.807, 2.05) is 6.92 Å². The summed E-state index contributed by atoms with van der Waals surface area (Å²) in [5.41, 5.74) is 0.387. The largest absolute Gasteiger partial charge is 0.360 e. The first kappa shape index (κ1) is 11.1. The Morgan fingerprint density at radius 1 is 1.56 bits per heavy atom. The minimum absolute atomic E-state index is 0.159. The second-order valence-electron chi connectivity index (χ2n) is 4.00. The number of hydrogen-bond acceptors (Lipinski definition) is 4. The predicted molar refractivity (Wildman–Crippen MR) is 59.4 cm³/mol. The third-order valence-electron chi connectivity index (χ3n) is 2.58. The Bertz CT molecular complexity index is 358. The fourth-order valence-corrected chi connectivity index (χ4v) is 1.49. The van der Waals surface area contributed by atoms with Crippen LogP contribution in [0.2, 0.25) is 0 Å². The highest BCUT2D eigenvalue weighted by Gasteiger charge is 2.28. The normalized spacial score (nSPS) is 15.1. The van der Waals surface area contributed by atoms with Gasteiger partial charge in [-0.3, -0.25) is 4.79 Å². The van der Waals surface area contributed by atoms with Gasteiger partial charge in [0.25, 0.3) is 5.91 Å². The standard InChI is InChI=1S/C11H17N3O2/c1-2-12-5-6-13-11(15)9-7-10(16-14-9)8-3-4-8/h7-8,12H,2-6H2,1H3,(H,13,15). The predicted octanol–water partition coefficient (Wildman–Crippen LogP) is 0.891. The third kappa shape index (κ3) is 2.82. The van der Waals surface area contributed by atoms with Gasteiger partial charge in [0.05, 0.1) is 0 Å². The summed E-state index contributed by atoms with van der Waals surface area (Å²) in [4.78, 5) is 11.6. The van der Waals surface area contributed by atoms with Gasteiger partial charge in [-0.25, -0.2) is 0 Å². The average Bonchev–Trinajstić information content (AvgIpc) is 3.02. The van der Waals surface area contributed by atoms with Gasteiger partial charge in [-0.15, -0.1) is 0 Å². The summed E-state index contributed by atoms with van der Waals surface area (Å²) in [5, 5.41) is 9.68. The van der Waals surface area contributed by atoms with Gasteiger partial charge in [-0.1, -0.05) is 12.1 Å². The maximum absolute atomic E-state index is 11.6. The first-order valence-electron chi connectivity index (χ1n) is 5.76. The first-order chi connectivity index (χ1) is 7.81. The van der Waals surface area contributed by atoms with Crippen molar-refractivity contribution in [1.82, 2.24) is 15.8 Å². The number of rotatable bonds is 6. The lowest BCUT2D eigenvalue weighted by Gasteiger charge is -2.02. The molecule has 16 heavy (non-hydrogen) atoms. The van der Waals surface area contributed by atoms with Crippen LogP contribution in [0.15, 0.2) is 10.6 Å². The number of hydrogen-bond donors (Lipinski definition) is 2. The maximum atomic E-state index is 11.6. The molecule has 0 unspecified atom stereocenters. The van der Waals surface area contributed by atoms with Crippen LogP contribution in [0, 0.1) is 0 Å². The fourth-order valence-electron chi connectivity index (χ4n) is 1.49. The lowest BCUT2D eigenvalue weighted by molar-refractivity contribution is 0.0945. The van der Waals surface area contributed by atoms with Crippen LogP contribution in [-0.4, -0.2) is 30.7 Å². The summed E-state index contributed by atoms with van der Waals surface area (Å²) < 4.78 is 5.11. The number of nitrogens with one attached hydrogen (secondary N) is 2. The highest BCUT2D eigenvalue weighted by molar-refractivity contribution is 5.92. The molecule has 1 aromatic heterocycles. The fraction of sp³-hybridized carbons (Fsp3) is 0.636. The van der Waals surface area contributed by atoms with Crippen molar-refractivity contribution in [2.24, 2.45) is 0 Å². The summed E-state index contributed by atoms with van der Waals surface area (Å²) >= 11 is 0. The third-order valence-corrected chi connectivity index (χ3v) is 2.58. The highest BCUT2D eigenvalue weighted by Crippen LogP contribution is 2.40. The second kappa shape index (κ2) is 5.12. The van der Waals surface area contributed by atoms with E-state index in [0.717, 1.165) is 31.7 Å². The summed E-state index contributed by atoms with van der Waals surface area (Å²) in [5.74, 6) is 1.18. The highest BCUT2D eigenvalue weighted by atomic mass is 16.5. The Hall–Kier alpha value is -1.36. The van der Waals surface area contributed by atoms with Crippen molar-refractivity contribution in [2.45, 2.75) is 25.7 Å². The van der Waals surface area contributed by atoms with E-state index in [2.05, 4.69) is 15.8 Å². The monoisotopic (exact) mass is 223 g/mol. The van der Waals surface area contributed by atoms with E-state index in [0.29, 0.717) is 18.2 Å². The van der Waals surface area contributed by atoms with Crippen molar-refractivity contribution in [3.63, 3.8) is 0 Å². The lowest BCUT2D eigenvalue weighted by Crippen LogP contribution is -2.31. The number of carbonyl (C=O) groups excluding carboxylic acids is 1. The van der Waals surface area contributed by atoms with E-state index < -0.39 is 0 Å². The van der Waals surface area contributed by atoms with Crippen LogP contribution in [0.1, 0.15) is 41.9 Å². The second-order valence-corrected chi connectivity index (χ2v) is 4.00. The van der Waals surface area contributed by atoms with E-state index in [-0.39, 0.29) is 5.91 Å². The molecule has 2 rings (SSSR count). The molecule has 0 atom stereocenters. The quantitative estimate of drug-likeness (QED) is 0.703. The van der Waals surface area contributed by atoms with Crippen molar-refractivity contribution < 1.29 is 9.32 Å². The van der Waals surface area contributed by atoms with Crippen LogP contribution in [0.5, 0.6) is 0 Å². The lowest BCUT2D eigenvalue weighted by atomic mass is 10.3. The van der Waals surface area contributed by atoms with Gasteiger partial charge < -0.3 is 15.2 Å². The van der Waals surface area contributed by atoms with E-state index in [1.165, 1.54) is 0 Å². The number of likely N-dealkylation sites (N-methyl/N-ethyl adjacent to an activating group) is 1. The van der Waals surface area contributed by atoms with Crippen LogP contribution in [0.3, 0.4) is 0 Å². The molecule has 0 aromatic carbocycles. The Labute approximate surface area is 94.6 Å². The molecule has 5 heteroatoms. The van der Waals surface area contributed by atoms with Gasteiger partial charge in [0, 0.05) is 25.1 Å². The molecule has 0 spiro atoms. The van der Waals surface area contributed by atoms with Gasteiger partial charge in [0.15, 0.2) is 5.69 Å². The van der Waals surface area contributed by atoms with Crippen LogP contribution in [0.25, 0.3) is 0 Å². The van der Waals surface area contributed by atoms with E-state index in [4.69, 9.17) is 4.52 Å². The first-order valence-corrected chi connectivity index (χ1v) is 5.76. The van der Waals surface area contributed by atoms with Crippen molar-refractivity contribution in [3.8, 4) is 0 Å². The molecular formula is C11H17N3O2. The summed E-state index contributed by atoms with van der Waals surface area (Å²) in [7, 11) is 0. The van der Waals surface area contributed by atoms with Crippen molar-refractivity contribution >= 4 is 5.91 Å². The van der Waals surface area contributed by atoms with Gasteiger partial charge in [0.1, 0.15) is 5.76 Å². The Morgan fingerprint density at radius 2 is 2.38 bits per heavy atom. The van der Waals surface area contributed by atoms with Crippen molar-refractivity contribution in [2.75, 3.05) is 19.6 Å². The molecule has 2 N–H and O–H groups in total. The maximum Gasteiger partial charge on any atom is 0.273 e. The summed E-state index contributed by atoms with van der Waals surface area (Å²) in [6.45, 7) is 4.32.